The molecule has 0 radical (unpaired) electrons. The molecule has 5 aromatic rings. The number of aryl methyl sites for hydroxylation is 1. The molecule has 9 heteroatoms. The molecule has 174 valence electrons. The maximum Gasteiger partial charge on any atom is 0.256 e. The predicted octanol–water partition coefficient (Wildman–Crippen LogP) is 5.49. The zero-order valence-corrected chi connectivity index (χ0v) is 20.2. The van der Waals surface area contributed by atoms with Gasteiger partial charge in [0, 0.05) is 28.6 Å². The van der Waals surface area contributed by atoms with E-state index in [1.807, 2.05) is 47.8 Å². The lowest BCUT2D eigenvalue weighted by Gasteiger charge is -2.11. The van der Waals surface area contributed by atoms with E-state index in [4.69, 9.17) is 11.6 Å². The normalized spacial score (nSPS) is 10.9. The van der Waals surface area contributed by atoms with E-state index in [0.717, 1.165) is 10.4 Å². The smallest absolute Gasteiger partial charge is 0.256 e. The number of amides is 1. The predicted molar refractivity (Wildman–Crippen MR) is 139 cm³/mol. The second-order valence-corrected chi connectivity index (χ2v) is 9.27. The fourth-order valence-corrected chi connectivity index (χ4v) is 4.57. The molecule has 0 spiro atoms. The van der Waals surface area contributed by atoms with E-state index < -0.39 is 0 Å². The Labute approximate surface area is 210 Å². The van der Waals surface area contributed by atoms with Crippen molar-refractivity contribution < 1.29 is 4.79 Å². The Morgan fingerprint density at radius 1 is 1.09 bits per heavy atom. The highest BCUT2D eigenvalue weighted by Crippen LogP contribution is 2.28. The summed E-state index contributed by atoms with van der Waals surface area (Å²) in [6.07, 6.45) is 0.465. The lowest BCUT2D eigenvalue weighted by atomic mass is 10.1. The van der Waals surface area contributed by atoms with Gasteiger partial charge in [-0.3, -0.25) is 14.6 Å². The zero-order valence-electron chi connectivity index (χ0n) is 18.7. The molecule has 0 aliphatic rings. The molecule has 0 aliphatic heterocycles. The number of benzene rings is 2. The quantitative estimate of drug-likeness (QED) is 0.322. The number of aromatic nitrogens is 4. The van der Waals surface area contributed by atoms with Crippen LogP contribution in [-0.2, 0) is 6.42 Å². The summed E-state index contributed by atoms with van der Waals surface area (Å²) in [6, 6.07) is 22.0. The van der Waals surface area contributed by atoms with Gasteiger partial charge >= 0.3 is 0 Å². The fraction of sp³-hybridized carbons (Fsp3) is 0.0769. The van der Waals surface area contributed by atoms with E-state index in [1.54, 1.807) is 37.3 Å². The number of H-pyrrole nitrogens is 1. The van der Waals surface area contributed by atoms with Crippen molar-refractivity contribution in [2.24, 2.45) is 0 Å². The van der Waals surface area contributed by atoms with Crippen LogP contribution in [0, 0.1) is 6.92 Å². The highest BCUT2D eigenvalue weighted by atomic mass is 35.5. The average molecular weight is 502 g/mol. The molecule has 2 aromatic carbocycles. The summed E-state index contributed by atoms with van der Waals surface area (Å²) in [5, 5.41) is 9.92. The molecule has 0 aliphatic carbocycles. The maximum atomic E-state index is 13.0. The number of anilines is 1. The van der Waals surface area contributed by atoms with E-state index in [1.165, 1.54) is 16.0 Å². The molecule has 0 saturated carbocycles. The van der Waals surface area contributed by atoms with Crippen molar-refractivity contribution in [1.29, 1.82) is 0 Å². The number of nitrogens with zero attached hydrogens (tertiary/aromatic N) is 3. The molecule has 0 atom stereocenters. The number of carbonyl (C=O) groups excluding carboxylic acids is 1. The topological polar surface area (TPSA) is 92.7 Å². The fourth-order valence-electron chi connectivity index (χ4n) is 3.70. The van der Waals surface area contributed by atoms with E-state index in [9.17, 15) is 9.59 Å². The molecule has 0 fully saturated rings. The molecular formula is C26H20ClN5O2S. The molecular weight excluding hydrogens is 482 g/mol. The summed E-state index contributed by atoms with van der Waals surface area (Å²) < 4.78 is 1.44. The van der Waals surface area contributed by atoms with Crippen molar-refractivity contribution in [3.8, 4) is 16.5 Å². The van der Waals surface area contributed by atoms with Crippen molar-refractivity contribution in [3.63, 3.8) is 0 Å². The van der Waals surface area contributed by atoms with Gasteiger partial charge in [0.1, 0.15) is 11.5 Å². The standard InChI is InChI=1S/C26H20ClN5O2S/c1-16-20(13-17-7-3-2-4-8-17)25(34)30-26(28-16)32-23(15-21(31-32)22-11-6-12-35-22)29-24(33)18-9-5-10-19(27)14-18/h2-12,14-15H,13H2,1H3,(H,29,33)(H,28,30,34). The van der Waals surface area contributed by atoms with Gasteiger partial charge in [0.05, 0.1) is 10.6 Å². The Morgan fingerprint density at radius 2 is 1.91 bits per heavy atom. The Morgan fingerprint density at radius 3 is 2.63 bits per heavy atom. The van der Waals surface area contributed by atoms with Gasteiger partial charge in [-0.15, -0.1) is 11.3 Å². The van der Waals surface area contributed by atoms with Crippen molar-refractivity contribution in [2.75, 3.05) is 5.32 Å². The monoisotopic (exact) mass is 501 g/mol. The second-order valence-electron chi connectivity index (χ2n) is 7.88. The summed E-state index contributed by atoms with van der Waals surface area (Å²) in [6.45, 7) is 1.80. The Balaban J connectivity index is 1.54. The van der Waals surface area contributed by atoms with Crippen LogP contribution in [0.4, 0.5) is 5.82 Å². The van der Waals surface area contributed by atoms with Crippen LogP contribution in [0.2, 0.25) is 5.02 Å². The van der Waals surface area contributed by atoms with Crippen molar-refractivity contribution in [3.05, 3.63) is 116 Å². The van der Waals surface area contributed by atoms with Crippen LogP contribution >= 0.6 is 22.9 Å². The third-order valence-electron chi connectivity index (χ3n) is 5.45. The lowest BCUT2D eigenvalue weighted by molar-refractivity contribution is 0.102. The molecule has 35 heavy (non-hydrogen) atoms. The first kappa shape index (κ1) is 22.8. The molecule has 5 rings (SSSR count). The van der Waals surface area contributed by atoms with Crippen LogP contribution in [0.15, 0.2) is 83.0 Å². The SMILES string of the molecule is Cc1nc(-n2nc(-c3cccs3)cc2NC(=O)c2cccc(Cl)c2)[nH]c(=O)c1Cc1ccccc1. The molecule has 0 bridgehead atoms. The van der Waals surface area contributed by atoms with Gasteiger partial charge in [-0.05, 0) is 42.1 Å². The Kier molecular flexibility index (Phi) is 6.31. The molecule has 2 N–H and O–H groups in total. The second kappa shape index (κ2) is 9.69. The van der Waals surface area contributed by atoms with Gasteiger partial charge in [0.15, 0.2) is 0 Å². The van der Waals surface area contributed by atoms with E-state index in [0.29, 0.717) is 39.8 Å². The van der Waals surface area contributed by atoms with Crippen LogP contribution in [0.25, 0.3) is 16.5 Å². The highest BCUT2D eigenvalue weighted by molar-refractivity contribution is 7.13. The first-order valence-corrected chi connectivity index (χ1v) is 12.1. The van der Waals surface area contributed by atoms with Crippen LogP contribution in [-0.4, -0.2) is 25.7 Å². The van der Waals surface area contributed by atoms with Crippen LogP contribution in [0.5, 0.6) is 0 Å². The number of aromatic amines is 1. The Bertz CT molecular complexity index is 1560. The largest absolute Gasteiger partial charge is 0.306 e. The van der Waals surface area contributed by atoms with Crippen molar-refractivity contribution >= 4 is 34.7 Å². The number of hydrogen-bond acceptors (Lipinski definition) is 5. The molecule has 0 saturated heterocycles. The number of carbonyl (C=O) groups is 1. The lowest BCUT2D eigenvalue weighted by Crippen LogP contribution is -2.22. The van der Waals surface area contributed by atoms with Gasteiger partial charge in [0.25, 0.3) is 11.5 Å². The van der Waals surface area contributed by atoms with Crippen LogP contribution in [0.3, 0.4) is 0 Å². The molecule has 7 nitrogen and oxygen atoms in total. The molecule has 1 amide bonds. The van der Waals surface area contributed by atoms with E-state index in [2.05, 4.69) is 20.4 Å². The first-order valence-electron chi connectivity index (χ1n) is 10.8. The molecule has 0 unspecified atom stereocenters. The minimum atomic E-state index is -0.355. The third-order valence-corrected chi connectivity index (χ3v) is 6.57. The molecule has 3 aromatic heterocycles. The Hall–Kier alpha value is -4.01. The minimum absolute atomic E-state index is 0.216. The van der Waals surface area contributed by atoms with Gasteiger partial charge in [-0.2, -0.15) is 9.78 Å². The number of nitrogens with one attached hydrogen (secondary N) is 2. The maximum absolute atomic E-state index is 13.0. The van der Waals surface area contributed by atoms with Gasteiger partial charge in [0.2, 0.25) is 5.95 Å². The number of rotatable bonds is 6. The first-order chi connectivity index (χ1) is 17.0. The zero-order chi connectivity index (χ0) is 24.4. The van der Waals surface area contributed by atoms with Crippen LogP contribution in [0.1, 0.15) is 27.2 Å². The van der Waals surface area contributed by atoms with E-state index in [-0.39, 0.29) is 17.4 Å². The summed E-state index contributed by atoms with van der Waals surface area (Å²) >= 11 is 7.57. The van der Waals surface area contributed by atoms with Gasteiger partial charge in [-0.25, -0.2) is 4.98 Å². The van der Waals surface area contributed by atoms with Crippen molar-refractivity contribution in [1.82, 2.24) is 19.7 Å². The average Bonchev–Trinajstić information content (AvgIpc) is 3.52. The highest BCUT2D eigenvalue weighted by Gasteiger charge is 2.18. The summed E-state index contributed by atoms with van der Waals surface area (Å²) in [5.74, 6) is 0.233. The summed E-state index contributed by atoms with van der Waals surface area (Å²) in [7, 11) is 0. The van der Waals surface area contributed by atoms with Gasteiger partial charge < -0.3 is 5.32 Å². The van der Waals surface area contributed by atoms with Crippen LogP contribution < -0.4 is 10.9 Å². The number of halogens is 1. The van der Waals surface area contributed by atoms with Crippen molar-refractivity contribution in [2.45, 2.75) is 13.3 Å². The van der Waals surface area contributed by atoms with Gasteiger partial charge in [-0.1, -0.05) is 54.1 Å². The minimum Gasteiger partial charge on any atom is -0.306 e. The number of hydrogen-bond donors (Lipinski definition) is 2. The molecule has 3 heterocycles. The number of thiophene rings is 1. The third kappa shape index (κ3) is 4.94. The summed E-state index contributed by atoms with van der Waals surface area (Å²) in [4.78, 5) is 34.3. The summed E-state index contributed by atoms with van der Waals surface area (Å²) in [5.41, 5.74) is 2.98. The van der Waals surface area contributed by atoms with E-state index >= 15 is 0 Å².